The molecule has 0 fully saturated rings. The van der Waals surface area contributed by atoms with Gasteiger partial charge in [0.15, 0.2) is 0 Å². The first-order valence-electron chi connectivity index (χ1n) is 5.39. The van der Waals surface area contributed by atoms with Gasteiger partial charge in [-0.3, -0.25) is 0 Å². The molecule has 0 saturated carbocycles. The van der Waals surface area contributed by atoms with Gasteiger partial charge >= 0.3 is 0 Å². The summed E-state index contributed by atoms with van der Waals surface area (Å²) in [7, 11) is 0. The van der Waals surface area contributed by atoms with Crippen molar-refractivity contribution >= 4 is 27.8 Å². The molecule has 90 valence electrons. The zero-order valence-electron chi connectivity index (χ0n) is 9.41. The largest absolute Gasteiger partial charge is 0.374 e. The van der Waals surface area contributed by atoms with Gasteiger partial charge in [-0.25, -0.2) is 4.98 Å². The van der Waals surface area contributed by atoms with Crippen molar-refractivity contribution < 1.29 is 0 Å². The van der Waals surface area contributed by atoms with Gasteiger partial charge in [0.2, 0.25) is 5.13 Å². The number of thiazole rings is 1. The van der Waals surface area contributed by atoms with Gasteiger partial charge in [-0.1, -0.05) is 41.7 Å². The Balaban J connectivity index is 1.82. The lowest BCUT2D eigenvalue weighted by Gasteiger charge is -1.94. The van der Waals surface area contributed by atoms with Crippen LogP contribution in [0.25, 0.3) is 11.3 Å². The van der Waals surface area contributed by atoms with Crippen molar-refractivity contribution in [1.29, 1.82) is 0 Å². The molecule has 0 bridgehead atoms. The highest BCUT2D eigenvalue weighted by atomic mass is 32.1. The average molecular weight is 274 g/mol. The van der Waals surface area contributed by atoms with Crippen molar-refractivity contribution in [3.63, 3.8) is 0 Å². The Labute approximate surface area is 112 Å². The Morgan fingerprint density at radius 3 is 2.61 bits per heavy atom. The number of hydrogen-bond acceptors (Lipinski definition) is 6. The molecular formula is C12H10N4S2. The van der Waals surface area contributed by atoms with Crippen LogP contribution in [-0.2, 0) is 6.42 Å². The van der Waals surface area contributed by atoms with Crippen LogP contribution < -0.4 is 5.73 Å². The van der Waals surface area contributed by atoms with E-state index in [2.05, 4.69) is 32.7 Å². The van der Waals surface area contributed by atoms with E-state index >= 15 is 0 Å². The molecule has 0 amide bonds. The lowest BCUT2D eigenvalue weighted by atomic mass is 10.2. The number of aromatic nitrogens is 3. The summed E-state index contributed by atoms with van der Waals surface area (Å²) in [5, 5.41) is 12.3. The predicted molar refractivity (Wildman–Crippen MR) is 74.7 cm³/mol. The monoisotopic (exact) mass is 274 g/mol. The Kier molecular flexibility index (Phi) is 3.04. The summed E-state index contributed by atoms with van der Waals surface area (Å²) in [5.41, 5.74) is 7.70. The second-order valence-electron chi connectivity index (χ2n) is 3.70. The van der Waals surface area contributed by atoms with Crippen LogP contribution in [0.5, 0.6) is 0 Å². The SMILES string of the molecule is Nc1nnc(Cc2nc(-c3ccccc3)cs2)s1. The van der Waals surface area contributed by atoms with Crippen molar-refractivity contribution in [3.05, 3.63) is 45.7 Å². The highest BCUT2D eigenvalue weighted by molar-refractivity contribution is 7.15. The van der Waals surface area contributed by atoms with E-state index in [0.717, 1.165) is 21.3 Å². The fraction of sp³-hybridized carbons (Fsp3) is 0.0833. The quantitative estimate of drug-likeness (QED) is 0.797. The third-order valence-electron chi connectivity index (χ3n) is 2.41. The molecule has 2 N–H and O–H groups in total. The van der Waals surface area contributed by atoms with Gasteiger partial charge in [-0.2, -0.15) is 0 Å². The standard InChI is InChI=1S/C12H10N4S2/c13-12-16-15-11(18-12)6-10-14-9(7-17-10)8-4-2-1-3-5-8/h1-5,7H,6H2,(H2,13,16). The Morgan fingerprint density at radius 1 is 1.06 bits per heavy atom. The molecule has 2 heterocycles. The predicted octanol–water partition coefficient (Wildman–Crippen LogP) is 2.83. The maximum Gasteiger partial charge on any atom is 0.203 e. The molecule has 1 aromatic carbocycles. The molecule has 0 spiro atoms. The summed E-state index contributed by atoms with van der Waals surface area (Å²) in [6, 6.07) is 10.1. The Bertz CT molecular complexity index is 645. The fourth-order valence-corrected chi connectivity index (χ4v) is 3.11. The number of anilines is 1. The third-order valence-corrected chi connectivity index (χ3v) is 4.01. The summed E-state index contributed by atoms with van der Waals surface area (Å²) in [6.45, 7) is 0. The molecular weight excluding hydrogens is 264 g/mol. The average Bonchev–Trinajstić information content (AvgIpc) is 3.01. The van der Waals surface area contributed by atoms with Gasteiger partial charge in [0.1, 0.15) is 10.0 Å². The van der Waals surface area contributed by atoms with Crippen LogP contribution in [-0.4, -0.2) is 15.2 Å². The fourth-order valence-electron chi connectivity index (χ4n) is 1.60. The van der Waals surface area contributed by atoms with Crippen molar-refractivity contribution in [2.75, 3.05) is 5.73 Å². The summed E-state index contributed by atoms with van der Waals surface area (Å²) < 4.78 is 0. The Morgan fingerprint density at radius 2 is 1.89 bits per heavy atom. The van der Waals surface area contributed by atoms with Gasteiger partial charge in [0.25, 0.3) is 0 Å². The molecule has 0 aliphatic carbocycles. The minimum atomic E-state index is 0.504. The number of nitrogens with zero attached hydrogens (tertiary/aromatic N) is 3. The molecule has 2 aromatic heterocycles. The topological polar surface area (TPSA) is 64.7 Å². The van der Waals surface area contributed by atoms with E-state index in [1.165, 1.54) is 11.3 Å². The number of benzene rings is 1. The number of hydrogen-bond donors (Lipinski definition) is 1. The van der Waals surface area contributed by atoms with Crippen LogP contribution in [0, 0.1) is 0 Å². The van der Waals surface area contributed by atoms with Crippen LogP contribution in [0.2, 0.25) is 0 Å². The molecule has 0 aliphatic rings. The second-order valence-corrected chi connectivity index (χ2v) is 5.74. The van der Waals surface area contributed by atoms with Gasteiger partial charge in [0.05, 0.1) is 12.1 Å². The molecule has 3 rings (SSSR count). The number of rotatable bonds is 3. The first-order chi connectivity index (χ1) is 8.81. The smallest absolute Gasteiger partial charge is 0.203 e. The maximum absolute atomic E-state index is 5.56. The van der Waals surface area contributed by atoms with Gasteiger partial charge in [-0.05, 0) is 0 Å². The van der Waals surface area contributed by atoms with E-state index in [1.807, 2.05) is 18.2 Å². The van der Waals surface area contributed by atoms with Crippen LogP contribution in [0.3, 0.4) is 0 Å². The van der Waals surface area contributed by atoms with E-state index in [4.69, 9.17) is 5.73 Å². The molecule has 18 heavy (non-hydrogen) atoms. The normalized spacial score (nSPS) is 10.7. The van der Waals surface area contributed by atoms with Gasteiger partial charge < -0.3 is 5.73 Å². The minimum Gasteiger partial charge on any atom is -0.374 e. The van der Waals surface area contributed by atoms with Crippen molar-refractivity contribution in [1.82, 2.24) is 15.2 Å². The highest BCUT2D eigenvalue weighted by Crippen LogP contribution is 2.24. The molecule has 3 aromatic rings. The highest BCUT2D eigenvalue weighted by Gasteiger charge is 2.08. The lowest BCUT2D eigenvalue weighted by Crippen LogP contribution is -1.86. The molecule has 0 aliphatic heterocycles. The number of nitrogens with two attached hydrogens (primary N) is 1. The van der Waals surface area contributed by atoms with E-state index in [1.54, 1.807) is 11.3 Å². The van der Waals surface area contributed by atoms with Crippen LogP contribution in [0.1, 0.15) is 10.0 Å². The van der Waals surface area contributed by atoms with Gasteiger partial charge in [-0.15, -0.1) is 21.5 Å². The van der Waals surface area contributed by atoms with Crippen molar-refractivity contribution in [3.8, 4) is 11.3 Å². The number of nitrogen functional groups attached to an aromatic ring is 1. The molecule has 0 atom stereocenters. The van der Waals surface area contributed by atoms with Crippen LogP contribution >= 0.6 is 22.7 Å². The lowest BCUT2D eigenvalue weighted by molar-refractivity contribution is 0.999. The second kappa shape index (κ2) is 4.83. The van der Waals surface area contributed by atoms with E-state index < -0.39 is 0 Å². The molecule has 6 heteroatoms. The zero-order valence-corrected chi connectivity index (χ0v) is 11.0. The van der Waals surface area contributed by atoms with E-state index in [9.17, 15) is 0 Å². The molecule has 0 unspecified atom stereocenters. The van der Waals surface area contributed by atoms with Crippen molar-refractivity contribution in [2.24, 2.45) is 0 Å². The zero-order chi connectivity index (χ0) is 12.4. The third kappa shape index (κ3) is 2.39. The van der Waals surface area contributed by atoms with Crippen LogP contribution in [0.15, 0.2) is 35.7 Å². The van der Waals surface area contributed by atoms with Gasteiger partial charge in [0, 0.05) is 10.9 Å². The van der Waals surface area contributed by atoms with Crippen molar-refractivity contribution in [2.45, 2.75) is 6.42 Å². The summed E-state index contributed by atoms with van der Waals surface area (Å²) >= 11 is 3.05. The summed E-state index contributed by atoms with van der Waals surface area (Å²) in [5.74, 6) is 0. The first kappa shape index (κ1) is 11.3. The summed E-state index contributed by atoms with van der Waals surface area (Å²) in [6.07, 6.45) is 0.701. The first-order valence-corrected chi connectivity index (χ1v) is 7.08. The van der Waals surface area contributed by atoms with E-state index in [-0.39, 0.29) is 0 Å². The minimum absolute atomic E-state index is 0.504. The van der Waals surface area contributed by atoms with E-state index in [0.29, 0.717) is 11.6 Å². The molecule has 0 radical (unpaired) electrons. The summed E-state index contributed by atoms with van der Waals surface area (Å²) in [4.78, 5) is 4.60. The van der Waals surface area contributed by atoms with Crippen LogP contribution in [0.4, 0.5) is 5.13 Å². The maximum atomic E-state index is 5.56. The molecule has 4 nitrogen and oxygen atoms in total. The Hall–Kier alpha value is -1.79. The molecule has 0 saturated heterocycles.